The Bertz CT molecular complexity index is 208. The molecule has 4 heteroatoms. The molecule has 80 valence electrons. The van der Waals surface area contributed by atoms with Crippen molar-refractivity contribution in [3.63, 3.8) is 0 Å². The molecule has 0 aliphatic carbocycles. The van der Waals surface area contributed by atoms with Crippen LogP contribution >= 0.6 is 0 Å². The average Bonchev–Trinajstić information content (AvgIpc) is 2.14. The maximum Gasteiger partial charge on any atom is 0.330 e. The Morgan fingerprint density at radius 1 is 1.21 bits per heavy atom. The number of ether oxygens (including phenoxy) is 1. The zero-order chi connectivity index (χ0) is 10.8. The van der Waals surface area contributed by atoms with Gasteiger partial charge in [0.15, 0.2) is 0 Å². The van der Waals surface area contributed by atoms with Crippen molar-refractivity contribution in [3.8, 4) is 0 Å². The van der Waals surface area contributed by atoms with E-state index in [0.29, 0.717) is 12.7 Å². The number of carboxylic acid groups (broad SMARTS) is 1. The molecule has 14 heavy (non-hydrogen) atoms. The standard InChI is InChI=1S/C10H16O4/c1-2-3-4-5-8-14-10(13)7-6-9(11)12/h6-7H,2-5,8H2,1H3,(H,11,12)/p-1. The molecule has 0 aliphatic heterocycles. The first-order valence-electron chi connectivity index (χ1n) is 4.72. The number of hydrogen-bond donors (Lipinski definition) is 0. The summed E-state index contributed by atoms with van der Waals surface area (Å²) in [5, 5.41) is 9.91. The van der Waals surface area contributed by atoms with E-state index in [1.165, 1.54) is 0 Å². The van der Waals surface area contributed by atoms with Crippen LogP contribution in [0.5, 0.6) is 0 Å². The molecule has 0 fully saturated rings. The number of rotatable bonds is 7. The summed E-state index contributed by atoms with van der Waals surface area (Å²) >= 11 is 0. The molecule has 0 unspecified atom stereocenters. The van der Waals surface area contributed by atoms with E-state index in [2.05, 4.69) is 6.92 Å². The van der Waals surface area contributed by atoms with Crippen molar-refractivity contribution in [2.45, 2.75) is 32.6 Å². The minimum Gasteiger partial charge on any atom is -0.545 e. The van der Waals surface area contributed by atoms with Gasteiger partial charge in [-0.15, -0.1) is 0 Å². The van der Waals surface area contributed by atoms with E-state index in [9.17, 15) is 14.7 Å². The van der Waals surface area contributed by atoms with Crippen molar-refractivity contribution in [1.29, 1.82) is 0 Å². The van der Waals surface area contributed by atoms with Crippen LogP contribution in [0.3, 0.4) is 0 Å². The quantitative estimate of drug-likeness (QED) is 0.338. The molecule has 0 N–H and O–H groups in total. The van der Waals surface area contributed by atoms with Crippen LogP contribution in [0.15, 0.2) is 12.2 Å². The molecule has 0 spiro atoms. The predicted molar refractivity (Wildman–Crippen MR) is 49.2 cm³/mol. The number of carbonyl (C=O) groups is 2. The molecule has 4 nitrogen and oxygen atoms in total. The van der Waals surface area contributed by atoms with E-state index >= 15 is 0 Å². The molecule has 0 aliphatic rings. The monoisotopic (exact) mass is 199 g/mol. The Morgan fingerprint density at radius 2 is 1.93 bits per heavy atom. The Hall–Kier alpha value is -1.32. The highest BCUT2D eigenvalue weighted by Crippen LogP contribution is 1.98. The van der Waals surface area contributed by atoms with Gasteiger partial charge in [-0.25, -0.2) is 4.79 Å². The molecular formula is C10H15O4-. The largest absolute Gasteiger partial charge is 0.545 e. The van der Waals surface area contributed by atoms with E-state index < -0.39 is 11.9 Å². The second-order valence-electron chi connectivity index (χ2n) is 2.88. The Kier molecular flexibility index (Phi) is 7.50. The van der Waals surface area contributed by atoms with Gasteiger partial charge in [0.25, 0.3) is 0 Å². The Morgan fingerprint density at radius 3 is 2.50 bits per heavy atom. The van der Waals surface area contributed by atoms with E-state index in [1.807, 2.05) is 0 Å². The van der Waals surface area contributed by atoms with Crippen molar-refractivity contribution in [2.24, 2.45) is 0 Å². The number of hydrogen-bond acceptors (Lipinski definition) is 4. The zero-order valence-electron chi connectivity index (χ0n) is 8.32. The molecular weight excluding hydrogens is 184 g/mol. The van der Waals surface area contributed by atoms with Crippen LogP contribution < -0.4 is 5.11 Å². The molecule has 0 rings (SSSR count). The lowest BCUT2D eigenvalue weighted by Crippen LogP contribution is -2.19. The van der Waals surface area contributed by atoms with Gasteiger partial charge in [-0.05, 0) is 12.5 Å². The fourth-order valence-corrected chi connectivity index (χ4v) is 0.886. The van der Waals surface area contributed by atoms with Gasteiger partial charge >= 0.3 is 5.97 Å². The fourth-order valence-electron chi connectivity index (χ4n) is 0.886. The molecule has 0 radical (unpaired) electrons. The lowest BCUT2D eigenvalue weighted by atomic mass is 10.2. The first kappa shape index (κ1) is 12.7. The molecule has 0 aromatic heterocycles. The van der Waals surface area contributed by atoms with Crippen LogP contribution in [0, 0.1) is 0 Å². The average molecular weight is 199 g/mol. The smallest absolute Gasteiger partial charge is 0.330 e. The molecule has 0 bridgehead atoms. The van der Waals surface area contributed by atoms with Crippen molar-refractivity contribution in [3.05, 3.63) is 12.2 Å². The molecule has 0 amide bonds. The number of unbranched alkanes of at least 4 members (excludes halogenated alkanes) is 3. The van der Waals surface area contributed by atoms with E-state index in [-0.39, 0.29) is 0 Å². The van der Waals surface area contributed by atoms with E-state index in [0.717, 1.165) is 31.8 Å². The third kappa shape index (κ3) is 8.77. The maximum atomic E-state index is 10.8. The summed E-state index contributed by atoms with van der Waals surface area (Å²) in [6.45, 7) is 2.44. The highest BCUT2D eigenvalue weighted by atomic mass is 16.5. The highest BCUT2D eigenvalue weighted by Gasteiger charge is 1.95. The number of carboxylic acids is 1. The van der Waals surface area contributed by atoms with Gasteiger partial charge in [0.2, 0.25) is 0 Å². The first-order chi connectivity index (χ1) is 6.66. The molecule has 0 heterocycles. The normalized spacial score (nSPS) is 10.4. The Labute approximate surface area is 83.6 Å². The number of esters is 1. The van der Waals surface area contributed by atoms with Crippen molar-refractivity contribution in [1.82, 2.24) is 0 Å². The minimum atomic E-state index is -1.40. The summed E-state index contributed by atoms with van der Waals surface area (Å²) in [7, 11) is 0. The summed E-state index contributed by atoms with van der Waals surface area (Å²) in [4.78, 5) is 20.7. The van der Waals surface area contributed by atoms with Gasteiger partial charge in [0, 0.05) is 6.08 Å². The van der Waals surface area contributed by atoms with E-state index in [1.54, 1.807) is 0 Å². The van der Waals surface area contributed by atoms with Crippen LogP contribution in [0.1, 0.15) is 32.6 Å². The third-order valence-electron chi connectivity index (χ3n) is 1.60. The van der Waals surface area contributed by atoms with Crippen LogP contribution in [-0.4, -0.2) is 18.5 Å². The van der Waals surface area contributed by atoms with Crippen molar-refractivity contribution < 1.29 is 19.4 Å². The molecule has 0 aromatic rings. The second kappa shape index (κ2) is 8.29. The molecule has 0 aromatic carbocycles. The summed E-state index contributed by atoms with van der Waals surface area (Å²) < 4.78 is 4.72. The number of aliphatic carboxylic acids is 1. The summed E-state index contributed by atoms with van der Waals surface area (Å²) in [6, 6.07) is 0. The summed E-state index contributed by atoms with van der Waals surface area (Å²) in [5.41, 5.74) is 0. The Balaban J connectivity index is 3.40. The third-order valence-corrected chi connectivity index (χ3v) is 1.60. The highest BCUT2D eigenvalue weighted by molar-refractivity contribution is 5.89. The van der Waals surface area contributed by atoms with E-state index in [4.69, 9.17) is 4.74 Å². The van der Waals surface area contributed by atoms with Gasteiger partial charge < -0.3 is 14.6 Å². The predicted octanol–water partition coefficient (Wildman–Crippen LogP) is 0.416. The topological polar surface area (TPSA) is 66.4 Å². The lowest BCUT2D eigenvalue weighted by Gasteiger charge is -2.00. The molecule has 0 saturated heterocycles. The second-order valence-corrected chi connectivity index (χ2v) is 2.88. The SMILES string of the molecule is CCCCCCOC(=O)C=CC(=O)[O-]. The van der Waals surface area contributed by atoms with Gasteiger partial charge in [0.05, 0.1) is 12.6 Å². The van der Waals surface area contributed by atoms with Gasteiger partial charge in [0.1, 0.15) is 0 Å². The maximum absolute atomic E-state index is 10.8. The van der Waals surface area contributed by atoms with Gasteiger partial charge in [-0.3, -0.25) is 0 Å². The molecule has 0 saturated carbocycles. The molecule has 0 atom stereocenters. The summed E-state index contributed by atoms with van der Waals surface area (Å²) in [6.07, 6.45) is 5.60. The minimum absolute atomic E-state index is 0.343. The zero-order valence-corrected chi connectivity index (χ0v) is 8.32. The van der Waals surface area contributed by atoms with Crippen LogP contribution in [0.2, 0.25) is 0 Å². The number of carbonyl (C=O) groups excluding carboxylic acids is 2. The van der Waals surface area contributed by atoms with Gasteiger partial charge in [-0.1, -0.05) is 26.2 Å². The first-order valence-corrected chi connectivity index (χ1v) is 4.72. The summed E-state index contributed by atoms with van der Waals surface area (Å²) in [5.74, 6) is -2.03. The van der Waals surface area contributed by atoms with Crippen molar-refractivity contribution in [2.75, 3.05) is 6.61 Å². The van der Waals surface area contributed by atoms with Crippen LogP contribution in [0.25, 0.3) is 0 Å². The van der Waals surface area contributed by atoms with Crippen LogP contribution in [-0.2, 0) is 14.3 Å². The fraction of sp³-hybridized carbons (Fsp3) is 0.600. The van der Waals surface area contributed by atoms with Gasteiger partial charge in [-0.2, -0.15) is 0 Å². The van der Waals surface area contributed by atoms with Crippen LogP contribution in [0.4, 0.5) is 0 Å². The lowest BCUT2D eigenvalue weighted by molar-refractivity contribution is -0.297. The van der Waals surface area contributed by atoms with Crippen molar-refractivity contribution >= 4 is 11.9 Å².